The quantitative estimate of drug-likeness (QED) is 0.305. The van der Waals surface area contributed by atoms with Gasteiger partial charge < -0.3 is 26.8 Å². The molecule has 0 aliphatic carbocycles. The van der Waals surface area contributed by atoms with Crippen molar-refractivity contribution in [3.8, 4) is 0 Å². The van der Waals surface area contributed by atoms with Crippen molar-refractivity contribution in [2.45, 2.75) is 57.8 Å². The molecule has 9 heteroatoms. The number of nitrogens with one attached hydrogen (secondary N) is 3. The molecular formula is C26H34N4O5. The predicted molar refractivity (Wildman–Crippen MR) is 132 cm³/mol. The van der Waals surface area contributed by atoms with Gasteiger partial charge >= 0.3 is 5.97 Å². The van der Waals surface area contributed by atoms with Crippen LogP contribution in [0.4, 0.5) is 0 Å². The van der Waals surface area contributed by atoms with Crippen LogP contribution in [0, 0.1) is 5.92 Å². The molecule has 0 spiro atoms. The van der Waals surface area contributed by atoms with Gasteiger partial charge in [0.2, 0.25) is 17.7 Å². The minimum absolute atomic E-state index is 0.150. The van der Waals surface area contributed by atoms with Gasteiger partial charge in [-0.3, -0.25) is 14.4 Å². The molecule has 3 amide bonds. The second-order valence-electron chi connectivity index (χ2n) is 8.85. The molecule has 0 saturated carbocycles. The third-order valence-electron chi connectivity index (χ3n) is 5.53. The molecule has 6 N–H and O–H groups in total. The van der Waals surface area contributed by atoms with Crippen molar-refractivity contribution in [1.29, 1.82) is 0 Å². The topological polar surface area (TPSA) is 151 Å². The van der Waals surface area contributed by atoms with Gasteiger partial charge in [0.25, 0.3) is 0 Å². The fourth-order valence-corrected chi connectivity index (χ4v) is 3.47. The van der Waals surface area contributed by atoms with Gasteiger partial charge in [0.15, 0.2) is 0 Å². The number of carbonyl (C=O) groups is 4. The van der Waals surface area contributed by atoms with Gasteiger partial charge in [-0.05, 0) is 30.4 Å². The predicted octanol–water partition coefficient (Wildman–Crippen LogP) is 1.01. The van der Waals surface area contributed by atoms with E-state index >= 15 is 0 Å². The second-order valence-corrected chi connectivity index (χ2v) is 8.85. The van der Waals surface area contributed by atoms with Gasteiger partial charge in [-0.1, -0.05) is 74.5 Å². The lowest BCUT2D eigenvalue weighted by Crippen LogP contribution is -2.57. The lowest BCUT2D eigenvalue weighted by Gasteiger charge is -2.25. The monoisotopic (exact) mass is 482 g/mol. The number of benzene rings is 2. The third kappa shape index (κ3) is 8.86. The van der Waals surface area contributed by atoms with E-state index in [1.165, 1.54) is 6.92 Å². The zero-order valence-electron chi connectivity index (χ0n) is 20.2. The molecule has 0 radical (unpaired) electrons. The van der Waals surface area contributed by atoms with E-state index in [9.17, 15) is 24.3 Å². The van der Waals surface area contributed by atoms with Crippen LogP contribution in [0.2, 0.25) is 0 Å². The standard InChI is InChI=1S/C26H34N4O5/c1-16(2)22(26(34)35)30-25(33)21(15-19-12-8-5-9-13-19)29-23(31)17(3)28-24(32)20(27)14-18-10-6-4-7-11-18/h4-13,16-17,20-22H,14-15,27H2,1-3H3,(H,28,32)(H,29,31)(H,30,33)(H,34,35). The molecule has 0 heterocycles. The largest absolute Gasteiger partial charge is 0.480 e. The molecule has 0 bridgehead atoms. The Hall–Kier alpha value is -3.72. The van der Waals surface area contributed by atoms with E-state index in [2.05, 4.69) is 16.0 Å². The first-order valence-electron chi connectivity index (χ1n) is 11.6. The first-order chi connectivity index (χ1) is 16.6. The molecule has 0 fully saturated rings. The maximum Gasteiger partial charge on any atom is 0.326 e. The Balaban J connectivity index is 2.06. The Morgan fingerprint density at radius 1 is 0.743 bits per heavy atom. The normalized spacial score (nSPS) is 14.3. The maximum absolute atomic E-state index is 13.0. The van der Waals surface area contributed by atoms with Crippen molar-refractivity contribution in [2.75, 3.05) is 0 Å². The fraction of sp³-hybridized carbons (Fsp3) is 0.385. The lowest BCUT2D eigenvalue weighted by atomic mass is 10.0. The van der Waals surface area contributed by atoms with E-state index in [-0.39, 0.29) is 12.3 Å². The molecule has 0 aromatic heterocycles. The highest BCUT2D eigenvalue weighted by molar-refractivity contribution is 5.94. The summed E-state index contributed by atoms with van der Waals surface area (Å²) >= 11 is 0. The number of hydrogen-bond donors (Lipinski definition) is 5. The van der Waals surface area contributed by atoms with Crippen molar-refractivity contribution in [3.63, 3.8) is 0 Å². The summed E-state index contributed by atoms with van der Waals surface area (Å²) in [5.41, 5.74) is 7.67. The molecule has 0 aliphatic rings. The highest BCUT2D eigenvalue weighted by Crippen LogP contribution is 2.07. The van der Waals surface area contributed by atoms with Gasteiger partial charge in [-0.2, -0.15) is 0 Å². The molecule has 9 nitrogen and oxygen atoms in total. The smallest absolute Gasteiger partial charge is 0.326 e. The molecule has 4 atom stereocenters. The second kappa shape index (κ2) is 13.2. The first-order valence-corrected chi connectivity index (χ1v) is 11.6. The number of carboxylic acids is 1. The Morgan fingerprint density at radius 2 is 1.26 bits per heavy atom. The number of carboxylic acid groups (broad SMARTS) is 1. The third-order valence-corrected chi connectivity index (χ3v) is 5.53. The van der Waals surface area contributed by atoms with E-state index in [0.717, 1.165) is 11.1 Å². The van der Waals surface area contributed by atoms with Crippen molar-refractivity contribution < 1.29 is 24.3 Å². The van der Waals surface area contributed by atoms with Crippen LogP contribution < -0.4 is 21.7 Å². The van der Waals surface area contributed by atoms with Crippen molar-refractivity contribution >= 4 is 23.7 Å². The average Bonchev–Trinajstić information content (AvgIpc) is 2.82. The fourth-order valence-electron chi connectivity index (χ4n) is 3.47. The van der Waals surface area contributed by atoms with Crippen molar-refractivity contribution in [1.82, 2.24) is 16.0 Å². The number of aliphatic carboxylic acids is 1. The van der Waals surface area contributed by atoms with E-state index in [1.807, 2.05) is 36.4 Å². The van der Waals surface area contributed by atoms with E-state index < -0.39 is 47.9 Å². The van der Waals surface area contributed by atoms with Crippen LogP contribution in [0.1, 0.15) is 31.9 Å². The minimum atomic E-state index is -1.16. The molecule has 0 aliphatic heterocycles. The Morgan fingerprint density at radius 3 is 1.74 bits per heavy atom. The summed E-state index contributed by atoms with van der Waals surface area (Å²) in [5.74, 6) is -3.22. The highest BCUT2D eigenvalue weighted by Gasteiger charge is 2.30. The van der Waals surface area contributed by atoms with E-state index in [0.29, 0.717) is 6.42 Å². The summed E-state index contributed by atoms with van der Waals surface area (Å²) in [7, 11) is 0. The van der Waals surface area contributed by atoms with Crippen LogP contribution in [0.25, 0.3) is 0 Å². The average molecular weight is 483 g/mol. The summed E-state index contributed by atoms with van der Waals surface area (Å²) in [6, 6.07) is 14.4. The summed E-state index contributed by atoms with van der Waals surface area (Å²) in [5, 5.41) is 17.2. The summed E-state index contributed by atoms with van der Waals surface area (Å²) in [6.45, 7) is 4.86. The zero-order valence-corrected chi connectivity index (χ0v) is 20.2. The van der Waals surface area contributed by atoms with Gasteiger partial charge in [0, 0.05) is 6.42 Å². The molecule has 0 saturated heterocycles. The molecule has 2 aromatic carbocycles. The van der Waals surface area contributed by atoms with Gasteiger partial charge in [0.1, 0.15) is 18.1 Å². The van der Waals surface area contributed by atoms with Gasteiger partial charge in [-0.25, -0.2) is 4.79 Å². The number of carbonyl (C=O) groups excluding carboxylic acids is 3. The molecule has 2 aromatic rings. The van der Waals surface area contributed by atoms with Crippen LogP contribution in [0.15, 0.2) is 60.7 Å². The molecular weight excluding hydrogens is 448 g/mol. The van der Waals surface area contributed by atoms with Crippen LogP contribution in [0.5, 0.6) is 0 Å². The first kappa shape index (κ1) is 27.5. The lowest BCUT2D eigenvalue weighted by molar-refractivity contribution is -0.143. The summed E-state index contributed by atoms with van der Waals surface area (Å²) in [6.07, 6.45) is 0.461. The number of amides is 3. The zero-order chi connectivity index (χ0) is 26.0. The Kier molecular flexibility index (Phi) is 10.4. The van der Waals surface area contributed by atoms with E-state index in [1.54, 1.807) is 38.1 Å². The Bertz CT molecular complexity index is 997. The number of nitrogens with two attached hydrogens (primary N) is 1. The van der Waals surface area contributed by atoms with Crippen molar-refractivity contribution in [2.24, 2.45) is 11.7 Å². The van der Waals surface area contributed by atoms with Crippen LogP contribution in [-0.4, -0.2) is 53.0 Å². The molecule has 188 valence electrons. The Labute approximate surface area is 205 Å². The van der Waals surface area contributed by atoms with Crippen LogP contribution in [-0.2, 0) is 32.0 Å². The SMILES string of the molecule is CC(NC(=O)C(N)Cc1ccccc1)C(=O)NC(Cc1ccccc1)C(=O)NC(C(=O)O)C(C)C. The van der Waals surface area contributed by atoms with Crippen molar-refractivity contribution in [3.05, 3.63) is 71.8 Å². The van der Waals surface area contributed by atoms with Gasteiger partial charge in [0.05, 0.1) is 6.04 Å². The van der Waals surface area contributed by atoms with E-state index in [4.69, 9.17) is 5.73 Å². The number of rotatable bonds is 12. The van der Waals surface area contributed by atoms with Crippen LogP contribution >= 0.6 is 0 Å². The summed E-state index contributed by atoms with van der Waals surface area (Å²) < 4.78 is 0. The molecule has 35 heavy (non-hydrogen) atoms. The molecule has 2 rings (SSSR count). The highest BCUT2D eigenvalue weighted by atomic mass is 16.4. The minimum Gasteiger partial charge on any atom is -0.480 e. The maximum atomic E-state index is 13.0. The molecule has 4 unspecified atom stereocenters. The van der Waals surface area contributed by atoms with Gasteiger partial charge in [-0.15, -0.1) is 0 Å². The summed E-state index contributed by atoms with van der Waals surface area (Å²) in [4.78, 5) is 49.9. The van der Waals surface area contributed by atoms with Crippen LogP contribution in [0.3, 0.4) is 0 Å². The number of hydrogen-bond acceptors (Lipinski definition) is 5.